The first kappa shape index (κ1) is 25.7. The Hall–Kier alpha value is -2.41. The number of aromatic nitrogens is 2. The highest BCUT2D eigenvalue weighted by molar-refractivity contribution is 7.84. The van der Waals surface area contributed by atoms with Crippen molar-refractivity contribution in [2.75, 3.05) is 11.9 Å². The largest absolute Gasteiger partial charge is 0.392 e. The number of hydrogen-bond donors (Lipinski definition) is 3. The highest BCUT2D eigenvalue weighted by atomic mass is 35.5. The van der Waals surface area contributed by atoms with Gasteiger partial charge in [0.25, 0.3) is 0 Å². The lowest BCUT2D eigenvalue weighted by molar-refractivity contribution is 0.104. The summed E-state index contributed by atoms with van der Waals surface area (Å²) in [6.45, 7) is -0.152. The molecule has 0 unspecified atom stereocenters. The highest BCUT2D eigenvalue weighted by Gasteiger charge is 2.28. The lowest BCUT2D eigenvalue weighted by atomic mass is 10.1. The predicted octanol–water partition coefficient (Wildman–Crippen LogP) is 3.31. The number of benzene rings is 1. The molecule has 1 aliphatic rings. The van der Waals surface area contributed by atoms with Gasteiger partial charge in [0, 0.05) is 28.6 Å². The van der Waals surface area contributed by atoms with Gasteiger partial charge in [0.2, 0.25) is 5.78 Å². The van der Waals surface area contributed by atoms with Gasteiger partial charge >= 0.3 is 10.3 Å². The zero-order chi connectivity index (χ0) is 25.0. The van der Waals surface area contributed by atoms with E-state index < -0.39 is 10.3 Å². The van der Waals surface area contributed by atoms with E-state index in [1.165, 1.54) is 23.9 Å². The average molecular weight is 537 g/mol. The minimum atomic E-state index is -3.97. The van der Waals surface area contributed by atoms with Crippen molar-refractivity contribution in [1.29, 1.82) is 0 Å². The predicted molar refractivity (Wildman–Crippen MR) is 134 cm³/mol. The molecule has 35 heavy (non-hydrogen) atoms. The molecule has 0 bridgehead atoms. The van der Waals surface area contributed by atoms with Crippen LogP contribution in [0, 0.1) is 5.92 Å². The zero-order valence-electron chi connectivity index (χ0n) is 18.7. The zero-order valence-corrected chi connectivity index (χ0v) is 21.1. The number of thiophene rings is 1. The normalized spacial score (nSPS) is 18.0. The maximum Gasteiger partial charge on any atom is 0.333 e. The summed E-state index contributed by atoms with van der Waals surface area (Å²) >= 11 is 7.42. The number of carbonyl (C=O) groups excluding carboxylic acids is 1. The fourth-order valence-corrected chi connectivity index (χ4v) is 5.94. The van der Waals surface area contributed by atoms with Gasteiger partial charge in [-0.3, -0.25) is 8.98 Å². The number of halogens is 1. The molecule has 0 spiro atoms. The van der Waals surface area contributed by atoms with Crippen LogP contribution in [0.4, 0.5) is 5.82 Å². The summed E-state index contributed by atoms with van der Waals surface area (Å²) in [6, 6.07) is 9.18. The van der Waals surface area contributed by atoms with E-state index in [9.17, 15) is 18.3 Å². The van der Waals surface area contributed by atoms with Crippen molar-refractivity contribution in [3.63, 3.8) is 0 Å². The summed E-state index contributed by atoms with van der Waals surface area (Å²) < 4.78 is 26.8. The minimum Gasteiger partial charge on any atom is -0.392 e. The number of nitrogens with one attached hydrogen (secondary N) is 1. The number of nitrogens with zero attached hydrogens (tertiary/aromatic N) is 2. The van der Waals surface area contributed by atoms with Gasteiger partial charge in [0.1, 0.15) is 12.1 Å². The van der Waals surface area contributed by atoms with Crippen molar-refractivity contribution >= 4 is 44.8 Å². The first-order valence-electron chi connectivity index (χ1n) is 11.0. The van der Waals surface area contributed by atoms with E-state index in [0.717, 1.165) is 23.3 Å². The second-order valence-electron chi connectivity index (χ2n) is 8.44. The molecule has 186 valence electrons. The Morgan fingerprint density at radius 2 is 2.14 bits per heavy atom. The Morgan fingerprint density at radius 1 is 1.31 bits per heavy atom. The van der Waals surface area contributed by atoms with Gasteiger partial charge in [-0.05, 0) is 54.5 Å². The molecule has 3 aromatic rings. The fraction of sp³-hybridized carbons (Fsp3) is 0.348. The van der Waals surface area contributed by atoms with Crippen LogP contribution in [0.2, 0.25) is 5.02 Å². The molecule has 2 aromatic heterocycles. The minimum absolute atomic E-state index is 0.000238. The number of aliphatic hydroxyl groups is 1. The summed E-state index contributed by atoms with van der Waals surface area (Å²) in [5.74, 6) is 0.209. The van der Waals surface area contributed by atoms with Gasteiger partial charge in [0.05, 0.1) is 23.7 Å². The Kier molecular flexibility index (Phi) is 8.15. The topological polar surface area (TPSA) is 144 Å². The van der Waals surface area contributed by atoms with Crippen LogP contribution in [0.15, 0.2) is 42.9 Å². The lowest BCUT2D eigenvalue weighted by Crippen LogP contribution is -2.22. The standard InChI is InChI=1S/C23H25ClN4O5S2/c24-17-3-1-2-14(6-17)8-20-16(11-29)9-21(34-20)22(30)19-10-26-13-27-23(19)28-18-5-4-15(7-18)12-33-35(25,31)32/h1-3,6,9-10,13,15,18,29H,4-5,7-8,11-12H2,(H2,25,31,32)(H,26,27,28)/t15-,18+/m1/s1. The molecule has 0 saturated heterocycles. The van der Waals surface area contributed by atoms with E-state index >= 15 is 0 Å². The number of rotatable bonds is 10. The summed E-state index contributed by atoms with van der Waals surface area (Å²) in [7, 11) is -3.97. The van der Waals surface area contributed by atoms with Gasteiger partial charge in [-0.15, -0.1) is 11.3 Å². The molecule has 1 aliphatic carbocycles. The second-order valence-corrected chi connectivity index (χ2v) is 11.2. The van der Waals surface area contributed by atoms with Crippen LogP contribution >= 0.6 is 22.9 Å². The van der Waals surface area contributed by atoms with E-state index in [1.807, 2.05) is 18.2 Å². The maximum atomic E-state index is 13.4. The first-order chi connectivity index (χ1) is 16.7. The van der Waals surface area contributed by atoms with E-state index in [4.69, 9.17) is 20.9 Å². The van der Waals surface area contributed by atoms with Crippen LogP contribution in [0.1, 0.15) is 50.5 Å². The first-order valence-corrected chi connectivity index (χ1v) is 13.6. The van der Waals surface area contributed by atoms with E-state index in [2.05, 4.69) is 15.3 Å². The average Bonchev–Trinajstić information content (AvgIpc) is 3.44. The van der Waals surface area contributed by atoms with Crippen molar-refractivity contribution < 1.29 is 22.5 Å². The lowest BCUT2D eigenvalue weighted by Gasteiger charge is -2.15. The molecule has 1 aromatic carbocycles. The summed E-state index contributed by atoms with van der Waals surface area (Å²) in [4.78, 5) is 23.1. The van der Waals surface area contributed by atoms with Gasteiger partial charge in [-0.25, -0.2) is 15.1 Å². The number of aliphatic hydroxyl groups excluding tert-OH is 1. The fourth-order valence-electron chi connectivity index (χ4n) is 4.18. The van der Waals surface area contributed by atoms with Crippen molar-refractivity contribution in [2.24, 2.45) is 11.1 Å². The number of anilines is 1. The molecule has 0 radical (unpaired) electrons. The van der Waals surface area contributed by atoms with Crippen LogP contribution in [-0.2, 0) is 27.5 Å². The molecule has 1 saturated carbocycles. The monoisotopic (exact) mass is 536 g/mol. The van der Waals surface area contributed by atoms with Crippen molar-refractivity contribution in [2.45, 2.75) is 38.3 Å². The molecule has 2 heterocycles. The molecule has 0 aliphatic heterocycles. The Labute approximate surface area is 212 Å². The number of nitrogens with two attached hydrogens (primary N) is 1. The van der Waals surface area contributed by atoms with Crippen LogP contribution in [0.5, 0.6) is 0 Å². The molecule has 1 fully saturated rings. The Bertz CT molecular complexity index is 1310. The molecule has 12 heteroatoms. The van der Waals surface area contributed by atoms with Gasteiger partial charge < -0.3 is 10.4 Å². The Balaban J connectivity index is 1.49. The number of carbonyl (C=O) groups is 1. The molecule has 2 atom stereocenters. The molecular formula is C23H25ClN4O5S2. The van der Waals surface area contributed by atoms with Crippen molar-refractivity contribution in [1.82, 2.24) is 9.97 Å². The SMILES string of the molecule is NS(=O)(=O)OC[C@@H]1CC[C@H](Nc2ncncc2C(=O)c2cc(CO)c(Cc3cccc(Cl)c3)s2)C1. The van der Waals surface area contributed by atoms with Gasteiger partial charge in [0.15, 0.2) is 0 Å². The van der Waals surface area contributed by atoms with Crippen molar-refractivity contribution in [3.05, 3.63) is 74.3 Å². The van der Waals surface area contributed by atoms with E-state index in [1.54, 1.807) is 12.1 Å². The molecule has 4 rings (SSSR count). The smallest absolute Gasteiger partial charge is 0.333 e. The quantitative estimate of drug-likeness (QED) is 0.335. The van der Waals surface area contributed by atoms with Gasteiger partial charge in [-0.2, -0.15) is 8.42 Å². The molecule has 9 nitrogen and oxygen atoms in total. The molecule has 0 amide bonds. The second kappa shape index (κ2) is 11.1. The van der Waals surface area contributed by atoms with E-state index in [0.29, 0.717) is 39.7 Å². The summed E-state index contributed by atoms with van der Waals surface area (Å²) in [6.07, 6.45) is 5.59. The number of ketones is 1. The maximum absolute atomic E-state index is 13.4. The van der Waals surface area contributed by atoms with Crippen molar-refractivity contribution in [3.8, 4) is 0 Å². The Morgan fingerprint density at radius 3 is 2.89 bits per heavy atom. The summed E-state index contributed by atoms with van der Waals surface area (Å²) in [5, 5.41) is 18.7. The molecule has 4 N–H and O–H groups in total. The van der Waals surface area contributed by atoms with Gasteiger partial charge in [-0.1, -0.05) is 23.7 Å². The highest BCUT2D eigenvalue weighted by Crippen LogP contribution is 2.32. The molecular weight excluding hydrogens is 512 g/mol. The van der Waals surface area contributed by atoms with Crippen LogP contribution in [0.25, 0.3) is 0 Å². The third-order valence-corrected chi connectivity index (χ3v) is 7.73. The van der Waals surface area contributed by atoms with Crippen LogP contribution in [0.3, 0.4) is 0 Å². The van der Waals surface area contributed by atoms with Crippen LogP contribution in [-0.4, -0.2) is 41.9 Å². The summed E-state index contributed by atoms with van der Waals surface area (Å²) in [5.41, 5.74) is 2.01. The van der Waals surface area contributed by atoms with Crippen LogP contribution < -0.4 is 10.5 Å². The number of hydrogen-bond acceptors (Lipinski definition) is 9. The van der Waals surface area contributed by atoms with E-state index in [-0.39, 0.29) is 31.0 Å². The third kappa shape index (κ3) is 6.84. The third-order valence-electron chi connectivity index (χ3n) is 5.85.